The smallest absolute Gasteiger partial charge is 0.272 e. The van der Waals surface area contributed by atoms with Gasteiger partial charge in [-0.05, 0) is 60.1 Å². The van der Waals surface area contributed by atoms with Crippen LogP contribution in [0.25, 0.3) is 0 Å². The first-order chi connectivity index (χ1) is 9.85. The van der Waals surface area contributed by atoms with Crippen molar-refractivity contribution in [1.82, 2.24) is 0 Å². The van der Waals surface area contributed by atoms with Crippen molar-refractivity contribution in [3.63, 3.8) is 0 Å². The first-order valence-corrected chi connectivity index (χ1v) is 14.7. The van der Waals surface area contributed by atoms with Crippen molar-refractivity contribution in [1.29, 1.82) is 0 Å². The summed E-state index contributed by atoms with van der Waals surface area (Å²) in [6.45, 7) is 23.7. The normalized spacial score (nSPS) is 13.1. The molecule has 0 heterocycles. The molecule has 0 radical (unpaired) electrons. The van der Waals surface area contributed by atoms with Gasteiger partial charge in [-0.25, -0.2) is 0 Å². The molecule has 0 bridgehead atoms. The first kappa shape index (κ1) is 21.1. The van der Waals surface area contributed by atoms with Gasteiger partial charge in [0.1, 0.15) is 5.76 Å². The Kier molecular flexibility index (Phi) is 8.25. The molecule has 22 heavy (non-hydrogen) atoms. The van der Waals surface area contributed by atoms with Crippen LogP contribution < -0.4 is 0 Å². The molecule has 0 spiro atoms. The second-order valence-corrected chi connectivity index (χ2v) is 16.4. The van der Waals surface area contributed by atoms with Gasteiger partial charge >= 0.3 is 0 Å². The van der Waals surface area contributed by atoms with Gasteiger partial charge in [-0.2, -0.15) is 0 Å². The number of hydrogen-bond donors (Lipinski definition) is 0. The molecule has 0 atom stereocenters. The maximum absolute atomic E-state index is 6.15. The topological polar surface area (TPSA) is 27.7 Å². The molecule has 0 unspecified atom stereocenters. The van der Waals surface area contributed by atoms with Crippen LogP contribution in [0.4, 0.5) is 0 Å². The maximum atomic E-state index is 6.15. The minimum atomic E-state index is -1.77. The summed E-state index contributed by atoms with van der Waals surface area (Å²) in [5, 5.41) is 0. The molecular formula is C17H34O3Si2. The highest BCUT2D eigenvalue weighted by molar-refractivity contribution is 6.70. The van der Waals surface area contributed by atoms with Gasteiger partial charge in [0.2, 0.25) is 16.6 Å². The fraction of sp³-hybridized carbons (Fsp3) is 0.647. The quantitative estimate of drug-likeness (QED) is 0.229. The summed E-state index contributed by atoms with van der Waals surface area (Å²) in [5.74, 6) is 1.26. The Bertz CT molecular complexity index is 434. The van der Waals surface area contributed by atoms with Crippen LogP contribution in [0.5, 0.6) is 0 Å². The Balaban J connectivity index is 5.67. The molecule has 3 nitrogen and oxygen atoms in total. The van der Waals surface area contributed by atoms with E-state index in [4.69, 9.17) is 13.6 Å². The molecule has 0 N–H and O–H groups in total. The standard InChI is InChI=1S/C17H34O3Si2/c1-11-18-17(20-22(8,9)10)16(13-12-14(2)3)15(4)19-21(5,6)7/h12H,4,11,13H2,1-3,5-10H3/b17-16+. The van der Waals surface area contributed by atoms with Crippen LogP contribution in [-0.4, -0.2) is 23.2 Å². The summed E-state index contributed by atoms with van der Waals surface area (Å²) in [6, 6.07) is 0. The lowest BCUT2D eigenvalue weighted by atomic mass is 10.1. The van der Waals surface area contributed by atoms with Crippen molar-refractivity contribution in [3.05, 3.63) is 35.5 Å². The van der Waals surface area contributed by atoms with Crippen LogP contribution >= 0.6 is 0 Å². The van der Waals surface area contributed by atoms with Gasteiger partial charge in [0.15, 0.2) is 0 Å². The minimum Gasteiger partial charge on any atom is -0.544 e. The van der Waals surface area contributed by atoms with Gasteiger partial charge in [-0.3, -0.25) is 0 Å². The van der Waals surface area contributed by atoms with Crippen molar-refractivity contribution in [3.8, 4) is 0 Å². The fourth-order valence-corrected chi connectivity index (χ4v) is 3.24. The summed E-state index contributed by atoms with van der Waals surface area (Å²) >= 11 is 0. The van der Waals surface area contributed by atoms with E-state index in [1.807, 2.05) is 6.92 Å². The predicted molar refractivity (Wildman–Crippen MR) is 101 cm³/mol. The molecule has 0 aromatic carbocycles. The monoisotopic (exact) mass is 342 g/mol. The van der Waals surface area contributed by atoms with Crippen molar-refractivity contribution in [2.75, 3.05) is 6.61 Å². The third-order valence-electron chi connectivity index (χ3n) is 2.40. The van der Waals surface area contributed by atoms with Gasteiger partial charge in [0.05, 0.1) is 12.2 Å². The van der Waals surface area contributed by atoms with Crippen LogP contribution in [0.1, 0.15) is 27.2 Å². The first-order valence-electron chi connectivity index (χ1n) is 7.92. The lowest BCUT2D eigenvalue weighted by Gasteiger charge is -2.27. The Hall–Kier alpha value is -0.946. The molecule has 5 heteroatoms. The molecule has 0 aliphatic rings. The Morgan fingerprint density at radius 1 is 0.955 bits per heavy atom. The van der Waals surface area contributed by atoms with E-state index in [2.05, 4.69) is 65.8 Å². The van der Waals surface area contributed by atoms with E-state index in [0.29, 0.717) is 24.7 Å². The number of ether oxygens (including phenoxy) is 1. The zero-order chi connectivity index (χ0) is 17.6. The van der Waals surface area contributed by atoms with Crippen LogP contribution in [0.2, 0.25) is 39.3 Å². The zero-order valence-electron chi connectivity index (χ0n) is 15.9. The maximum Gasteiger partial charge on any atom is 0.272 e. The SMILES string of the molecule is C=C(O[Si](C)(C)C)/C(CC=C(C)C)=C(\OCC)O[Si](C)(C)C. The molecule has 0 aromatic rings. The average molecular weight is 343 g/mol. The molecule has 0 saturated heterocycles. The van der Waals surface area contributed by atoms with Crippen LogP contribution in [-0.2, 0) is 13.6 Å². The molecule has 0 amide bonds. The van der Waals surface area contributed by atoms with Crippen LogP contribution in [0, 0.1) is 0 Å². The van der Waals surface area contributed by atoms with Crippen LogP contribution in [0.3, 0.4) is 0 Å². The van der Waals surface area contributed by atoms with Crippen molar-refractivity contribution in [2.45, 2.75) is 66.5 Å². The Morgan fingerprint density at radius 2 is 1.45 bits per heavy atom. The summed E-state index contributed by atoms with van der Waals surface area (Å²) in [7, 11) is -3.49. The van der Waals surface area contributed by atoms with E-state index < -0.39 is 16.6 Å². The molecule has 0 aliphatic heterocycles. The molecule has 0 rings (SSSR count). The number of allylic oxidation sites excluding steroid dienone is 3. The van der Waals surface area contributed by atoms with Crippen molar-refractivity contribution >= 4 is 16.6 Å². The highest BCUT2D eigenvalue weighted by Crippen LogP contribution is 2.26. The highest BCUT2D eigenvalue weighted by Gasteiger charge is 2.25. The summed E-state index contributed by atoms with van der Waals surface area (Å²) in [4.78, 5) is 0. The van der Waals surface area contributed by atoms with Gasteiger partial charge in [0.25, 0.3) is 5.95 Å². The van der Waals surface area contributed by atoms with Gasteiger partial charge in [0, 0.05) is 6.42 Å². The second kappa shape index (κ2) is 8.62. The largest absolute Gasteiger partial charge is 0.544 e. The number of hydrogen-bond acceptors (Lipinski definition) is 3. The zero-order valence-corrected chi connectivity index (χ0v) is 17.9. The average Bonchev–Trinajstić information content (AvgIpc) is 2.24. The lowest BCUT2D eigenvalue weighted by Crippen LogP contribution is -2.28. The molecule has 0 aliphatic carbocycles. The molecule has 0 aromatic heterocycles. The van der Waals surface area contributed by atoms with Gasteiger partial charge in [-0.1, -0.05) is 18.2 Å². The van der Waals surface area contributed by atoms with Crippen molar-refractivity contribution < 1.29 is 13.6 Å². The van der Waals surface area contributed by atoms with Gasteiger partial charge < -0.3 is 13.6 Å². The minimum absolute atomic E-state index is 0.568. The van der Waals surface area contributed by atoms with E-state index >= 15 is 0 Å². The molecule has 0 saturated carbocycles. The summed E-state index contributed by atoms with van der Waals surface area (Å²) < 4.78 is 18.0. The third kappa shape index (κ3) is 9.89. The molecule has 128 valence electrons. The summed E-state index contributed by atoms with van der Waals surface area (Å²) in [5.41, 5.74) is 2.18. The van der Waals surface area contributed by atoms with E-state index in [0.717, 1.165) is 5.57 Å². The molecular weight excluding hydrogens is 308 g/mol. The Labute approximate surface area is 139 Å². The van der Waals surface area contributed by atoms with Crippen molar-refractivity contribution in [2.24, 2.45) is 0 Å². The van der Waals surface area contributed by atoms with Crippen LogP contribution in [0.15, 0.2) is 35.5 Å². The third-order valence-corrected chi connectivity index (χ3v) is 4.06. The predicted octanol–water partition coefficient (Wildman–Crippen LogP) is 5.81. The molecule has 0 fully saturated rings. The van der Waals surface area contributed by atoms with E-state index in [9.17, 15) is 0 Å². The lowest BCUT2D eigenvalue weighted by molar-refractivity contribution is 0.106. The second-order valence-electron chi connectivity index (χ2n) is 7.54. The van der Waals surface area contributed by atoms with E-state index in [1.54, 1.807) is 0 Å². The fourth-order valence-electron chi connectivity index (χ4n) is 1.64. The van der Waals surface area contributed by atoms with E-state index in [1.165, 1.54) is 5.57 Å². The van der Waals surface area contributed by atoms with E-state index in [-0.39, 0.29) is 0 Å². The summed E-state index contributed by atoms with van der Waals surface area (Å²) in [6.07, 6.45) is 2.87. The Morgan fingerprint density at radius 3 is 1.82 bits per heavy atom. The number of rotatable bonds is 9. The van der Waals surface area contributed by atoms with Gasteiger partial charge in [-0.15, -0.1) is 0 Å². The highest BCUT2D eigenvalue weighted by atomic mass is 28.4.